The van der Waals surface area contributed by atoms with E-state index in [1.165, 1.54) is 24.0 Å². The van der Waals surface area contributed by atoms with E-state index >= 15 is 0 Å². The van der Waals surface area contributed by atoms with E-state index in [-0.39, 0.29) is 17.9 Å². The molecule has 1 aliphatic carbocycles. The maximum atomic E-state index is 12.7. The van der Waals surface area contributed by atoms with Gasteiger partial charge in [-0.25, -0.2) is 4.98 Å². The summed E-state index contributed by atoms with van der Waals surface area (Å²) >= 11 is 1.34. The molecule has 12 heteroatoms. The molecule has 2 aromatic heterocycles. The highest BCUT2D eigenvalue weighted by atomic mass is 32.2. The molecule has 1 saturated carbocycles. The summed E-state index contributed by atoms with van der Waals surface area (Å²) in [5.74, 6) is -4.79. The number of amides is 2. The van der Waals surface area contributed by atoms with Crippen LogP contribution in [0.3, 0.4) is 0 Å². The van der Waals surface area contributed by atoms with E-state index in [9.17, 15) is 22.8 Å². The molecule has 2 heterocycles. The van der Waals surface area contributed by atoms with Crippen LogP contribution in [-0.2, 0) is 4.79 Å². The number of halogens is 3. The number of nitrogens with zero attached hydrogens (tertiary/aromatic N) is 3. The molecule has 0 unspecified atom stereocenters. The van der Waals surface area contributed by atoms with Gasteiger partial charge in [0.15, 0.2) is 11.5 Å². The molecule has 3 N–H and O–H groups in total. The number of anilines is 3. The van der Waals surface area contributed by atoms with Gasteiger partial charge in [0.1, 0.15) is 5.82 Å². The van der Waals surface area contributed by atoms with Crippen molar-refractivity contribution < 1.29 is 26.9 Å². The second-order valence-electron chi connectivity index (χ2n) is 6.10. The molecule has 0 spiro atoms. The lowest BCUT2D eigenvalue weighted by Gasteiger charge is -2.13. The summed E-state index contributed by atoms with van der Waals surface area (Å²) in [6.45, 7) is -2.79. The van der Waals surface area contributed by atoms with E-state index < -0.39 is 42.5 Å². The van der Waals surface area contributed by atoms with E-state index in [0.717, 1.165) is 0 Å². The number of carbonyl (C=O) groups excluding carboxylic acids is 2. The van der Waals surface area contributed by atoms with E-state index in [0.29, 0.717) is 10.7 Å². The zero-order valence-corrected chi connectivity index (χ0v) is 15.7. The molecule has 1 aliphatic rings. The van der Waals surface area contributed by atoms with Crippen LogP contribution in [-0.4, -0.2) is 46.4 Å². The molecular weight excluding hydrogens is 409 g/mol. The van der Waals surface area contributed by atoms with Crippen LogP contribution in [0.2, 0.25) is 0 Å². The molecule has 3 rings (SSSR count). The predicted octanol–water partition coefficient (Wildman–Crippen LogP) is 2.83. The highest BCUT2D eigenvalue weighted by molar-refractivity contribution is 7.98. The van der Waals surface area contributed by atoms with Crippen molar-refractivity contribution in [2.24, 2.45) is 11.8 Å². The monoisotopic (exact) mass is 429 g/mol. The summed E-state index contributed by atoms with van der Waals surface area (Å²) in [5, 5.41) is 14.2. The second-order valence-corrected chi connectivity index (χ2v) is 6.95. The summed E-state index contributed by atoms with van der Waals surface area (Å²) < 4.78 is 59.8. The van der Waals surface area contributed by atoms with Gasteiger partial charge in [0, 0.05) is 28.2 Å². The lowest BCUT2D eigenvalue weighted by molar-refractivity contribution is -0.153. The van der Waals surface area contributed by atoms with Crippen LogP contribution >= 0.6 is 11.8 Å². The Hall–Kier alpha value is -2.89. The van der Waals surface area contributed by atoms with Crippen molar-refractivity contribution >= 4 is 40.9 Å². The molecule has 1 fully saturated rings. The minimum Gasteiger partial charge on any atom is -0.354 e. The molecule has 0 aromatic carbocycles. The fraction of sp³-hybridized carbons (Fsp3) is 0.353. The van der Waals surface area contributed by atoms with E-state index in [1.54, 1.807) is 23.7 Å². The van der Waals surface area contributed by atoms with Crippen molar-refractivity contribution in [1.82, 2.24) is 20.5 Å². The zero-order chi connectivity index (χ0) is 23.7. The molecule has 0 aliphatic heterocycles. The smallest absolute Gasteiger partial charge is 0.354 e. The minimum atomic E-state index is -4.47. The Kier molecular flexibility index (Phi) is 4.83. The summed E-state index contributed by atoms with van der Waals surface area (Å²) in [5.41, 5.74) is -0.453. The van der Waals surface area contributed by atoms with Gasteiger partial charge in [0.05, 0.1) is 17.5 Å². The second kappa shape index (κ2) is 8.23. The summed E-state index contributed by atoms with van der Waals surface area (Å²) in [4.78, 5) is 29.4. The Bertz CT molecular complexity index is 1040. The number of hydrogen-bond donors (Lipinski definition) is 3. The molecule has 29 heavy (non-hydrogen) atoms. The Morgan fingerprint density at radius 3 is 2.79 bits per heavy atom. The third-order valence-corrected chi connectivity index (χ3v) is 4.93. The SMILES string of the molecule is [2H]C([2H])([2H])NC(=O)c1nnc(NC(=O)[C@@H]2C[C@H]2C(F)(F)F)cc1Nc1ncccc1SC. The Morgan fingerprint density at radius 1 is 1.34 bits per heavy atom. The van der Waals surface area contributed by atoms with Crippen LogP contribution < -0.4 is 16.0 Å². The van der Waals surface area contributed by atoms with Crippen molar-refractivity contribution in [3.8, 4) is 0 Å². The third kappa shape index (κ3) is 4.75. The lowest BCUT2D eigenvalue weighted by Crippen LogP contribution is -2.23. The van der Waals surface area contributed by atoms with E-state index in [1.807, 2.05) is 0 Å². The third-order valence-electron chi connectivity index (χ3n) is 4.17. The van der Waals surface area contributed by atoms with E-state index in [2.05, 4.69) is 25.8 Å². The van der Waals surface area contributed by atoms with Gasteiger partial charge in [-0.1, -0.05) is 0 Å². The highest BCUT2D eigenvalue weighted by Crippen LogP contribution is 2.50. The largest absolute Gasteiger partial charge is 0.392 e. The van der Waals surface area contributed by atoms with Gasteiger partial charge in [-0.15, -0.1) is 22.0 Å². The molecule has 0 saturated heterocycles. The first-order chi connectivity index (χ1) is 14.9. The summed E-state index contributed by atoms with van der Waals surface area (Å²) in [6.07, 6.45) is -1.53. The number of pyridine rings is 1. The fourth-order valence-electron chi connectivity index (χ4n) is 2.62. The summed E-state index contributed by atoms with van der Waals surface area (Å²) in [6, 6.07) is 4.59. The minimum absolute atomic E-state index is 0.0470. The molecular formula is C17H17F3N6O2S. The fourth-order valence-corrected chi connectivity index (χ4v) is 3.13. The average Bonchev–Trinajstić information content (AvgIpc) is 3.48. The molecule has 0 radical (unpaired) electrons. The molecule has 0 bridgehead atoms. The standard InChI is InChI=1S/C17H17F3N6O2S/c1-21-16(28)13-10(23-14-11(29-2)4-3-5-22-14)7-12(25-26-13)24-15(27)8-6-9(8)17(18,19)20/h3-5,7-9H,6H2,1-2H3,(H,21,28)(H2,22,23,24,25,27)/t8-,9-/m1/s1/i1D3. The lowest BCUT2D eigenvalue weighted by atomic mass is 10.2. The maximum absolute atomic E-state index is 12.7. The summed E-state index contributed by atoms with van der Waals surface area (Å²) in [7, 11) is 0. The van der Waals surface area contributed by atoms with Crippen LogP contribution in [0, 0.1) is 11.8 Å². The van der Waals surface area contributed by atoms with Crippen molar-refractivity contribution in [3.05, 3.63) is 30.1 Å². The first kappa shape index (κ1) is 17.0. The van der Waals surface area contributed by atoms with Gasteiger partial charge in [-0.3, -0.25) is 9.59 Å². The van der Waals surface area contributed by atoms with Gasteiger partial charge < -0.3 is 16.0 Å². The van der Waals surface area contributed by atoms with Gasteiger partial charge in [-0.05, 0) is 24.8 Å². The van der Waals surface area contributed by atoms with Crippen molar-refractivity contribution in [3.63, 3.8) is 0 Å². The Balaban J connectivity index is 1.88. The number of aromatic nitrogens is 3. The molecule has 2 amide bonds. The predicted molar refractivity (Wildman–Crippen MR) is 101 cm³/mol. The van der Waals surface area contributed by atoms with Gasteiger partial charge in [-0.2, -0.15) is 13.2 Å². The molecule has 154 valence electrons. The first-order valence-corrected chi connectivity index (χ1v) is 9.45. The van der Waals surface area contributed by atoms with Gasteiger partial charge >= 0.3 is 6.18 Å². The van der Waals surface area contributed by atoms with Crippen LogP contribution in [0.25, 0.3) is 0 Å². The number of thioether (sulfide) groups is 1. The zero-order valence-electron chi connectivity index (χ0n) is 17.9. The molecule has 8 nitrogen and oxygen atoms in total. The van der Waals surface area contributed by atoms with Crippen molar-refractivity contribution in [2.45, 2.75) is 17.5 Å². The molecule has 2 atom stereocenters. The van der Waals surface area contributed by atoms with Crippen molar-refractivity contribution in [2.75, 3.05) is 23.9 Å². The number of hydrogen-bond acceptors (Lipinski definition) is 7. The Labute approximate surface area is 172 Å². The molecule has 2 aromatic rings. The quantitative estimate of drug-likeness (QED) is 0.606. The topological polar surface area (TPSA) is 109 Å². The van der Waals surface area contributed by atoms with Crippen LogP contribution in [0.1, 0.15) is 21.0 Å². The van der Waals surface area contributed by atoms with Gasteiger partial charge in [0.25, 0.3) is 5.91 Å². The van der Waals surface area contributed by atoms with Gasteiger partial charge in [0.2, 0.25) is 5.91 Å². The number of alkyl halides is 3. The Morgan fingerprint density at radius 2 is 2.14 bits per heavy atom. The number of carbonyl (C=O) groups is 2. The number of nitrogens with one attached hydrogen (secondary N) is 3. The first-order valence-electron chi connectivity index (χ1n) is 9.73. The normalized spacial score (nSPS) is 20.1. The van der Waals surface area contributed by atoms with Crippen molar-refractivity contribution in [1.29, 1.82) is 0 Å². The van der Waals surface area contributed by atoms with Crippen LogP contribution in [0.15, 0.2) is 29.3 Å². The highest BCUT2D eigenvalue weighted by Gasteiger charge is 2.58. The van der Waals surface area contributed by atoms with Crippen LogP contribution in [0.4, 0.5) is 30.5 Å². The number of rotatable bonds is 6. The van der Waals surface area contributed by atoms with E-state index in [4.69, 9.17) is 4.11 Å². The average molecular weight is 429 g/mol. The maximum Gasteiger partial charge on any atom is 0.392 e. The van der Waals surface area contributed by atoms with Crippen LogP contribution in [0.5, 0.6) is 0 Å².